The highest BCUT2D eigenvalue weighted by atomic mass is 35.5. The van der Waals surface area contributed by atoms with Gasteiger partial charge in [-0.25, -0.2) is 14.4 Å². The van der Waals surface area contributed by atoms with Gasteiger partial charge in [0.15, 0.2) is 5.82 Å². The van der Waals surface area contributed by atoms with Crippen LogP contribution in [0.25, 0.3) is 21.6 Å². The topological polar surface area (TPSA) is 35.0 Å². The summed E-state index contributed by atoms with van der Waals surface area (Å²) in [6.45, 7) is 1.68. The zero-order valence-corrected chi connectivity index (χ0v) is 12.3. The van der Waals surface area contributed by atoms with Crippen LogP contribution in [0.4, 0.5) is 4.39 Å². The Kier molecular flexibility index (Phi) is 3.31. The Hall–Kier alpha value is -1.72. The van der Waals surface area contributed by atoms with Crippen LogP contribution in [-0.4, -0.2) is 17.1 Å². The van der Waals surface area contributed by atoms with Crippen molar-refractivity contribution in [3.8, 4) is 16.5 Å². The number of hydrogen-bond donors (Lipinski definition) is 0. The second kappa shape index (κ2) is 5.00. The minimum absolute atomic E-state index is 0.304. The van der Waals surface area contributed by atoms with E-state index in [0.717, 1.165) is 10.6 Å². The van der Waals surface area contributed by atoms with Crippen molar-refractivity contribution in [2.45, 2.75) is 6.92 Å². The minimum Gasteiger partial charge on any atom is -0.496 e. The Balaban J connectivity index is 2.20. The molecule has 3 rings (SSSR count). The van der Waals surface area contributed by atoms with Crippen LogP contribution < -0.4 is 4.74 Å². The summed E-state index contributed by atoms with van der Waals surface area (Å²) < 4.78 is 18.8. The van der Waals surface area contributed by atoms with Gasteiger partial charge in [0, 0.05) is 22.9 Å². The van der Waals surface area contributed by atoms with Gasteiger partial charge in [-0.1, -0.05) is 11.6 Å². The molecule has 0 atom stereocenters. The van der Waals surface area contributed by atoms with Crippen LogP contribution >= 0.6 is 22.9 Å². The molecule has 0 amide bonds. The van der Waals surface area contributed by atoms with E-state index in [4.69, 9.17) is 16.3 Å². The molecule has 3 aromatic rings. The molecule has 2 aromatic heterocycles. The number of aromatic nitrogens is 2. The van der Waals surface area contributed by atoms with Crippen molar-refractivity contribution >= 4 is 33.8 Å². The van der Waals surface area contributed by atoms with Gasteiger partial charge in [-0.2, -0.15) is 0 Å². The van der Waals surface area contributed by atoms with Crippen LogP contribution in [0.3, 0.4) is 0 Å². The number of methoxy groups -OCH3 is 1. The average Bonchev–Trinajstić information content (AvgIpc) is 2.90. The smallest absolute Gasteiger partial charge is 0.171 e. The number of benzene rings is 1. The lowest BCUT2D eigenvalue weighted by molar-refractivity contribution is 0.417. The molecule has 0 spiro atoms. The lowest BCUT2D eigenvalue weighted by atomic mass is 10.1. The molecule has 0 unspecified atom stereocenters. The molecule has 1 aromatic carbocycles. The van der Waals surface area contributed by atoms with Crippen LogP contribution in [-0.2, 0) is 0 Å². The zero-order valence-electron chi connectivity index (χ0n) is 10.8. The quantitative estimate of drug-likeness (QED) is 0.655. The summed E-state index contributed by atoms with van der Waals surface area (Å²) in [7, 11) is 1.60. The van der Waals surface area contributed by atoms with Crippen molar-refractivity contribution in [1.29, 1.82) is 0 Å². The Morgan fingerprint density at radius 2 is 2.05 bits per heavy atom. The van der Waals surface area contributed by atoms with E-state index < -0.39 is 0 Å². The van der Waals surface area contributed by atoms with Crippen molar-refractivity contribution in [3.05, 3.63) is 40.1 Å². The van der Waals surface area contributed by atoms with Gasteiger partial charge in [0.25, 0.3) is 0 Å². The summed E-state index contributed by atoms with van der Waals surface area (Å²) in [5, 5.41) is 2.82. The maximum Gasteiger partial charge on any atom is 0.171 e. The molecule has 0 bridgehead atoms. The highest BCUT2D eigenvalue weighted by Gasteiger charge is 2.12. The Morgan fingerprint density at radius 1 is 1.25 bits per heavy atom. The van der Waals surface area contributed by atoms with Gasteiger partial charge in [0.1, 0.15) is 16.7 Å². The molecule has 0 saturated carbocycles. The van der Waals surface area contributed by atoms with E-state index in [-0.39, 0.29) is 5.82 Å². The largest absolute Gasteiger partial charge is 0.496 e. The molecular weight excluding hydrogens is 299 g/mol. The lowest BCUT2D eigenvalue weighted by Gasteiger charge is -2.05. The predicted octanol–water partition coefficient (Wildman–Crippen LogP) is 4.47. The molecule has 0 saturated heterocycles. The number of nitrogens with zero attached hydrogens (tertiary/aromatic N) is 2. The Labute approximate surface area is 124 Å². The zero-order chi connectivity index (χ0) is 14.3. The van der Waals surface area contributed by atoms with E-state index in [0.29, 0.717) is 27.4 Å². The van der Waals surface area contributed by atoms with Gasteiger partial charge in [-0.15, -0.1) is 11.3 Å². The van der Waals surface area contributed by atoms with Crippen LogP contribution in [0, 0.1) is 12.7 Å². The molecule has 3 nitrogen and oxygen atoms in total. The molecule has 0 aliphatic rings. The fourth-order valence-corrected chi connectivity index (χ4v) is 2.89. The third kappa shape index (κ3) is 2.23. The molecule has 6 heteroatoms. The molecule has 102 valence electrons. The fourth-order valence-electron chi connectivity index (χ4n) is 1.87. The van der Waals surface area contributed by atoms with Crippen molar-refractivity contribution < 1.29 is 9.13 Å². The van der Waals surface area contributed by atoms with Crippen molar-refractivity contribution in [1.82, 2.24) is 9.97 Å². The van der Waals surface area contributed by atoms with Gasteiger partial charge in [0.2, 0.25) is 0 Å². The summed E-state index contributed by atoms with van der Waals surface area (Å²) in [5.41, 5.74) is 1.02. The number of rotatable bonds is 2. The summed E-state index contributed by atoms with van der Waals surface area (Å²) in [5.74, 6) is 0.904. The summed E-state index contributed by atoms with van der Waals surface area (Å²) in [6.07, 6.45) is 0. The highest BCUT2D eigenvalue weighted by molar-refractivity contribution is 7.13. The summed E-state index contributed by atoms with van der Waals surface area (Å²) in [6, 6.07) is 4.87. The Bertz CT molecular complexity index is 803. The molecule has 20 heavy (non-hydrogen) atoms. The van der Waals surface area contributed by atoms with Crippen molar-refractivity contribution in [2.24, 2.45) is 0 Å². The normalized spacial score (nSPS) is 11.0. The number of ether oxygens (including phenoxy) is 1. The van der Waals surface area contributed by atoms with Crippen LogP contribution in [0.5, 0.6) is 5.75 Å². The van der Waals surface area contributed by atoms with Gasteiger partial charge < -0.3 is 4.74 Å². The molecular formula is C14H10ClFN2OS. The highest BCUT2D eigenvalue weighted by Crippen LogP contribution is 2.32. The molecule has 2 heterocycles. The lowest BCUT2D eigenvalue weighted by Crippen LogP contribution is -1.93. The number of thiophene rings is 1. The number of halogens is 2. The first kappa shape index (κ1) is 13.3. The predicted molar refractivity (Wildman–Crippen MR) is 79.1 cm³/mol. The van der Waals surface area contributed by atoms with E-state index in [1.54, 1.807) is 20.1 Å². The molecule has 0 N–H and O–H groups in total. The van der Waals surface area contributed by atoms with E-state index in [9.17, 15) is 4.39 Å². The maximum absolute atomic E-state index is 13.7. The fraction of sp³-hybridized carbons (Fsp3) is 0.143. The van der Waals surface area contributed by atoms with Crippen molar-refractivity contribution in [3.63, 3.8) is 0 Å². The van der Waals surface area contributed by atoms with Gasteiger partial charge >= 0.3 is 0 Å². The van der Waals surface area contributed by atoms with E-state index in [1.165, 1.54) is 17.4 Å². The SMILES string of the molecule is COc1csc(-c2nc(Cl)c3cc(C)c(F)cc3n2)c1. The van der Waals surface area contributed by atoms with Crippen LogP contribution in [0.15, 0.2) is 23.6 Å². The number of hydrogen-bond acceptors (Lipinski definition) is 4. The standard InChI is InChI=1S/C14H10ClFN2OS/c1-7-3-9-11(5-10(7)16)17-14(18-13(9)15)12-4-8(19-2)6-20-12/h3-6H,1-2H3. The molecule has 0 radical (unpaired) electrons. The first-order valence-corrected chi connectivity index (χ1v) is 7.10. The van der Waals surface area contributed by atoms with Gasteiger partial charge in [0.05, 0.1) is 17.5 Å². The van der Waals surface area contributed by atoms with E-state index >= 15 is 0 Å². The number of fused-ring (bicyclic) bond motifs is 1. The second-order valence-electron chi connectivity index (χ2n) is 4.31. The van der Waals surface area contributed by atoms with Crippen molar-refractivity contribution in [2.75, 3.05) is 7.11 Å². The summed E-state index contributed by atoms with van der Waals surface area (Å²) in [4.78, 5) is 9.48. The average molecular weight is 309 g/mol. The molecule has 0 aliphatic heterocycles. The first-order chi connectivity index (χ1) is 9.58. The van der Waals surface area contributed by atoms with E-state index in [1.807, 2.05) is 11.4 Å². The van der Waals surface area contributed by atoms with Gasteiger partial charge in [-0.05, 0) is 18.6 Å². The van der Waals surface area contributed by atoms with E-state index in [2.05, 4.69) is 9.97 Å². The first-order valence-electron chi connectivity index (χ1n) is 5.85. The molecule has 0 aliphatic carbocycles. The van der Waals surface area contributed by atoms with Gasteiger partial charge in [-0.3, -0.25) is 0 Å². The third-order valence-corrected chi connectivity index (χ3v) is 4.15. The van der Waals surface area contributed by atoms with Crippen LogP contribution in [0.1, 0.15) is 5.56 Å². The second-order valence-corrected chi connectivity index (χ2v) is 5.58. The Morgan fingerprint density at radius 3 is 2.75 bits per heavy atom. The minimum atomic E-state index is -0.304. The number of aryl methyl sites for hydroxylation is 1. The molecule has 0 fully saturated rings. The third-order valence-electron chi connectivity index (χ3n) is 2.96. The van der Waals surface area contributed by atoms with Crippen LogP contribution in [0.2, 0.25) is 5.15 Å². The monoisotopic (exact) mass is 308 g/mol. The maximum atomic E-state index is 13.7. The summed E-state index contributed by atoms with van der Waals surface area (Å²) >= 11 is 7.63.